The van der Waals surface area contributed by atoms with Gasteiger partial charge in [-0.3, -0.25) is 14.6 Å². The van der Waals surface area contributed by atoms with Gasteiger partial charge in [0.25, 0.3) is 5.91 Å². The Kier molecular flexibility index (Phi) is 6.94. The second-order valence-corrected chi connectivity index (χ2v) is 11.0. The first-order valence-electron chi connectivity index (χ1n) is 13.7. The molecule has 0 aliphatic carbocycles. The molecule has 3 aliphatic heterocycles. The maximum Gasteiger partial charge on any atom is 0.256 e. The maximum atomic E-state index is 13.3. The molecule has 3 aromatic rings. The summed E-state index contributed by atoms with van der Waals surface area (Å²) in [5.74, 6) is 1.27. The number of halogens is 1. The molecule has 6 rings (SSSR count). The van der Waals surface area contributed by atoms with Crippen LogP contribution < -0.4 is 9.64 Å². The molecule has 0 spiro atoms. The summed E-state index contributed by atoms with van der Waals surface area (Å²) in [7, 11) is 0. The highest BCUT2D eigenvalue weighted by atomic mass is 35.5. The normalized spacial score (nSPS) is 20.0. The van der Waals surface area contributed by atoms with Gasteiger partial charge in [0.1, 0.15) is 11.5 Å². The predicted octanol–water partition coefficient (Wildman–Crippen LogP) is 6.09. The topological polar surface area (TPSA) is 82.4 Å². The number of aromatic hydroxyl groups is 1. The molecule has 0 saturated carbocycles. The molecule has 2 atom stereocenters. The molecule has 39 heavy (non-hydrogen) atoms. The molecular weight excluding hydrogens is 514 g/mol. The summed E-state index contributed by atoms with van der Waals surface area (Å²) in [6, 6.07) is 13.1. The van der Waals surface area contributed by atoms with Crippen LogP contribution in [0.2, 0.25) is 0 Å². The summed E-state index contributed by atoms with van der Waals surface area (Å²) in [4.78, 5) is 34.7. The van der Waals surface area contributed by atoms with Crippen LogP contribution in [0.15, 0.2) is 47.5 Å². The van der Waals surface area contributed by atoms with Crippen LogP contribution in [-0.2, 0) is 4.79 Å². The molecule has 0 radical (unpaired) electrons. The highest BCUT2D eigenvalue weighted by Gasteiger charge is 2.34. The molecule has 0 aromatic heterocycles. The van der Waals surface area contributed by atoms with E-state index in [1.807, 2.05) is 54.4 Å². The second kappa shape index (κ2) is 10.5. The van der Waals surface area contributed by atoms with Crippen molar-refractivity contribution in [3.05, 3.63) is 59.2 Å². The summed E-state index contributed by atoms with van der Waals surface area (Å²) >= 11 is 6.31. The Morgan fingerprint density at radius 2 is 2.00 bits per heavy atom. The lowest BCUT2D eigenvalue weighted by atomic mass is 9.95. The SMILES string of the molecule is Cc1cc2c(cc1OCCCC(=O)N1C[C@@H](CCl)c3c1cc(O)c1ccccc31)N=C[C@@H]1CCCCN1C2=O. The first-order chi connectivity index (χ1) is 19.0. The molecule has 0 bridgehead atoms. The zero-order valence-corrected chi connectivity index (χ0v) is 22.8. The highest BCUT2D eigenvalue weighted by Crippen LogP contribution is 2.45. The quantitative estimate of drug-likeness (QED) is 0.300. The number of aryl methyl sites for hydroxylation is 1. The third-order valence-corrected chi connectivity index (χ3v) is 8.52. The fourth-order valence-electron chi connectivity index (χ4n) is 6.13. The number of hydrogen-bond acceptors (Lipinski definition) is 5. The molecular formula is C31H32ClN3O4. The molecule has 1 saturated heterocycles. The summed E-state index contributed by atoms with van der Waals surface area (Å²) in [5.41, 5.74) is 3.89. The number of carbonyl (C=O) groups is 2. The number of carbonyl (C=O) groups excluding carboxylic acids is 2. The lowest BCUT2D eigenvalue weighted by Gasteiger charge is -2.32. The van der Waals surface area contributed by atoms with Gasteiger partial charge in [0.15, 0.2) is 0 Å². The number of hydrogen-bond donors (Lipinski definition) is 1. The number of phenols is 1. The van der Waals surface area contributed by atoms with Gasteiger partial charge in [0.2, 0.25) is 5.91 Å². The predicted molar refractivity (Wildman–Crippen MR) is 154 cm³/mol. The molecule has 1 fully saturated rings. The van der Waals surface area contributed by atoms with Gasteiger partial charge in [0, 0.05) is 55.0 Å². The average molecular weight is 546 g/mol. The van der Waals surface area contributed by atoms with Gasteiger partial charge < -0.3 is 19.6 Å². The molecule has 2 amide bonds. The van der Waals surface area contributed by atoms with E-state index in [0.29, 0.717) is 48.9 Å². The Balaban J connectivity index is 1.13. The van der Waals surface area contributed by atoms with Gasteiger partial charge in [-0.05, 0) is 55.2 Å². The van der Waals surface area contributed by atoms with E-state index >= 15 is 0 Å². The fraction of sp³-hybridized carbons (Fsp3) is 0.387. The Labute approximate surface area is 233 Å². The van der Waals surface area contributed by atoms with Crippen molar-refractivity contribution in [2.45, 2.75) is 51.0 Å². The molecule has 7 nitrogen and oxygen atoms in total. The van der Waals surface area contributed by atoms with Crippen LogP contribution in [-0.4, -0.2) is 59.7 Å². The summed E-state index contributed by atoms with van der Waals surface area (Å²) in [6.07, 6.45) is 5.81. The highest BCUT2D eigenvalue weighted by molar-refractivity contribution is 6.19. The van der Waals surface area contributed by atoms with Crippen LogP contribution in [0.5, 0.6) is 11.5 Å². The Hall–Kier alpha value is -3.58. The fourth-order valence-corrected chi connectivity index (χ4v) is 6.38. The number of anilines is 1. The Morgan fingerprint density at radius 1 is 1.18 bits per heavy atom. The van der Waals surface area contributed by atoms with E-state index < -0.39 is 0 Å². The van der Waals surface area contributed by atoms with Crippen LogP contribution in [0.25, 0.3) is 10.8 Å². The minimum absolute atomic E-state index is 0.0121. The van der Waals surface area contributed by atoms with E-state index in [9.17, 15) is 14.7 Å². The second-order valence-electron chi connectivity index (χ2n) is 10.7. The van der Waals surface area contributed by atoms with Crippen LogP contribution in [0.1, 0.15) is 59.5 Å². The van der Waals surface area contributed by atoms with Gasteiger partial charge in [-0.15, -0.1) is 11.6 Å². The smallest absolute Gasteiger partial charge is 0.256 e. The van der Waals surface area contributed by atoms with Crippen molar-refractivity contribution in [1.82, 2.24) is 4.90 Å². The molecule has 0 unspecified atom stereocenters. The number of alkyl halides is 1. The Bertz CT molecular complexity index is 1490. The first kappa shape index (κ1) is 25.7. The number of nitrogens with zero attached hydrogens (tertiary/aromatic N) is 3. The number of rotatable bonds is 6. The molecule has 8 heteroatoms. The summed E-state index contributed by atoms with van der Waals surface area (Å²) < 4.78 is 6.07. The van der Waals surface area contributed by atoms with Gasteiger partial charge in [-0.1, -0.05) is 24.3 Å². The number of aliphatic imine (C=N–C) groups is 1. The molecule has 202 valence electrons. The number of phenolic OH excluding ortho intramolecular Hbond substituents is 1. The average Bonchev–Trinajstić information content (AvgIpc) is 3.27. The van der Waals surface area contributed by atoms with Gasteiger partial charge in [-0.2, -0.15) is 0 Å². The van der Waals surface area contributed by atoms with Crippen molar-refractivity contribution in [3.8, 4) is 11.5 Å². The number of amides is 2. The van der Waals surface area contributed by atoms with Crippen LogP contribution in [0.3, 0.4) is 0 Å². The zero-order valence-electron chi connectivity index (χ0n) is 22.0. The van der Waals surface area contributed by atoms with E-state index in [4.69, 9.17) is 16.3 Å². The molecule has 3 aliphatic rings. The van der Waals surface area contributed by atoms with Gasteiger partial charge in [0.05, 0.1) is 29.6 Å². The van der Waals surface area contributed by atoms with Gasteiger partial charge >= 0.3 is 0 Å². The van der Waals surface area contributed by atoms with Crippen molar-refractivity contribution >= 4 is 51.8 Å². The van der Waals surface area contributed by atoms with E-state index in [2.05, 4.69) is 4.99 Å². The van der Waals surface area contributed by atoms with E-state index in [1.165, 1.54) is 0 Å². The van der Waals surface area contributed by atoms with Crippen molar-refractivity contribution in [3.63, 3.8) is 0 Å². The van der Waals surface area contributed by atoms with Gasteiger partial charge in [-0.25, -0.2) is 0 Å². The van der Waals surface area contributed by atoms with Crippen molar-refractivity contribution in [2.75, 3.05) is 30.5 Å². The number of fused-ring (bicyclic) bond motifs is 5. The molecule has 3 heterocycles. The Morgan fingerprint density at radius 3 is 2.82 bits per heavy atom. The van der Waals surface area contributed by atoms with Crippen molar-refractivity contribution in [2.24, 2.45) is 4.99 Å². The van der Waals surface area contributed by atoms with Crippen LogP contribution >= 0.6 is 11.6 Å². The van der Waals surface area contributed by atoms with Crippen LogP contribution in [0, 0.1) is 6.92 Å². The molecule has 1 N–H and O–H groups in total. The minimum Gasteiger partial charge on any atom is -0.507 e. The van der Waals surface area contributed by atoms with Crippen molar-refractivity contribution < 1.29 is 19.4 Å². The maximum absolute atomic E-state index is 13.3. The van der Waals surface area contributed by atoms with Crippen LogP contribution in [0.4, 0.5) is 11.4 Å². The molecule has 3 aromatic carbocycles. The van der Waals surface area contributed by atoms with E-state index in [-0.39, 0.29) is 29.5 Å². The van der Waals surface area contributed by atoms with E-state index in [1.54, 1.807) is 11.0 Å². The summed E-state index contributed by atoms with van der Waals surface area (Å²) in [6.45, 7) is 3.56. The monoisotopic (exact) mass is 545 g/mol. The first-order valence-corrected chi connectivity index (χ1v) is 14.2. The lowest BCUT2D eigenvalue weighted by Crippen LogP contribution is -2.43. The van der Waals surface area contributed by atoms with Crippen molar-refractivity contribution in [1.29, 1.82) is 0 Å². The standard InChI is InChI=1S/C31H32ClN3O4/c1-19-13-24-25(33-17-21-7-4-5-11-34(21)31(24)38)14-28(19)39-12-6-10-29(37)35-18-20(16-32)30-23-9-3-2-8-22(23)27(36)15-26(30)35/h2-3,8-9,13-15,17,20-21,36H,4-7,10-12,16,18H2,1H3/t20-,21+/m1/s1. The number of piperidine rings is 1. The summed E-state index contributed by atoms with van der Waals surface area (Å²) in [5, 5.41) is 12.3. The third kappa shape index (κ3) is 4.63. The lowest BCUT2D eigenvalue weighted by molar-refractivity contribution is -0.118. The third-order valence-electron chi connectivity index (χ3n) is 8.14. The number of ether oxygens (including phenoxy) is 1. The number of benzene rings is 3. The largest absolute Gasteiger partial charge is 0.507 e. The van der Waals surface area contributed by atoms with E-state index in [0.717, 1.165) is 53.4 Å². The zero-order chi connectivity index (χ0) is 27.1. The minimum atomic E-state index is -0.0207.